The Morgan fingerprint density at radius 3 is 2.85 bits per heavy atom. The quantitative estimate of drug-likeness (QED) is 0.788. The average Bonchev–Trinajstić information content (AvgIpc) is 3.09. The number of aromatic amines is 1. The lowest BCUT2D eigenvalue weighted by Crippen LogP contribution is -2.19. The summed E-state index contributed by atoms with van der Waals surface area (Å²) in [5, 5.41) is 9.52. The van der Waals surface area contributed by atoms with E-state index in [9.17, 15) is 0 Å². The van der Waals surface area contributed by atoms with E-state index in [0.717, 1.165) is 16.5 Å². The van der Waals surface area contributed by atoms with Crippen LogP contribution in [0.1, 0.15) is 51.5 Å². The Balaban J connectivity index is 1.81. The van der Waals surface area contributed by atoms with Gasteiger partial charge in [-0.05, 0) is 55.3 Å². The molecule has 5 heteroatoms. The molecule has 0 amide bonds. The largest absolute Gasteiger partial charge is 0.296 e. The van der Waals surface area contributed by atoms with Gasteiger partial charge in [-0.3, -0.25) is 9.67 Å². The van der Waals surface area contributed by atoms with Gasteiger partial charge in [-0.1, -0.05) is 25.8 Å². The Hall–Kier alpha value is -0.940. The van der Waals surface area contributed by atoms with Crippen molar-refractivity contribution in [2.75, 3.05) is 0 Å². The first kappa shape index (κ1) is 14.0. The minimum Gasteiger partial charge on any atom is -0.296 e. The van der Waals surface area contributed by atoms with Gasteiger partial charge < -0.3 is 0 Å². The molecule has 2 aromatic heterocycles. The van der Waals surface area contributed by atoms with Crippen molar-refractivity contribution in [3.63, 3.8) is 0 Å². The van der Waals surface area contributed by atoms with Gasteiger partial charge in [0, 0.05) is 6.04 Å². The van der Waals surface area contributed by atoms with Crippen LogP contribution in [0.3, 0.4) is 0 Å². The van der Waals surface area contributed by atoms with Crippen molar-refractivity contribution in [2.24, 2.45) is 5.92 Å². The van der Waals surface area contributed by atoms with Gasteiger partial charge in [0.15, 0.2) is 10.6 Å². The maximum Gasteiger partial charge on any atom is 0.195 e. The van der Waals surface area contributed by atoms with Crippen molar-refractivity contribution in [2.45, 2.75) is 51.5 Å². The summed E-state index contributed by atoms with van der Waals surface area (Å²) in [6.07, 6.45) is 7.81. The molecule has 1 aliphatic rings. The third-order valence-corrected chi connectivity index (χ3v) is 5.48. The van der Waals surface area contributed by atoms with Gasteiger partial charge in [-0.15, -0.1) is 11.3 Å². The molecule has 0 bridgehead atoms. The number of hydrogen-bond acceptors (Lipinski definition) is 3. The van der Waals surface area contributed by atoms with Crippen molar-refractivity contribution in [3.05, 3.63) is 22.3 Å². The number of H-pyrrole nitrogens is 1. The number of nitrogens with one attached hydrogen (secondary N) is 1. The molecular formula is C15H21N3S2. The van der Waals surface area contributed by atoms with E-state index in [4.69, 9.17) is 12.2 Å². The van der Waals surface area contributed by atoms with Gasteiger partial charge in [0.25, 0.3) is 0 Å². The lowest BCUT2D eigenvalue weighted by Gasteiger charge is -2.29. The summed E-state index contributed by atoms with van der Waals surface area (Å²) in [5.41, 5.74) is 0. The first-order valence-corrected chi connectivity index (χ1v) is 8.79. The smallest absolute Gasteiger partial charge is 0.195 e. The predicted octanol–water partition coefficient (Wildman–Crippen LogP) is 5.20. The molecule has 2 heterocycles. The van der Waals surface area contributed by atoms with Crippen LogP contribution in [0.4, 0.5) is 0 Å². The van der Waals surface area contributed by atoms with Gasteiger partial charge in [0.1, 0.15) is 0 Å². The Morgan fingerprint density at radius 2 is 2.20 bits per heavy atom. The number of thiophene rings is 1. The molecule has 0 spiro atoms. The lowest BCUT2D eigenvalue weighted by molar-refractivity contribution is 0.262. The van der Waals surface area contributed by atoms with E-state index in [1.807, 2.05) is 0 Å². The Morgan fingerprint density at radius 1 is 1.40 bits per heavy atom. The average molecular weight is 307 g/mol. The van der Waals surface area contributed by atoms with Gasteiger partial charge in [-0.2, -0.15) is 5.10 Å². The summed E-state index contributed by atoms with van der Waals surface area (Å²) >= 11 is 7.18. The van der Waals surface area contributed by atoms with Crippen molar-refractivity contribution in [3.8, 4) is 10.7 Å². The minimum atomic E-state index is 0.520. The van der Waals surface area contributed by atoms with E-state index in [1.165, 1.54) is 43.4 Å². The summed E-state index contributed by atoms with van der Waals surface area (Å²) in [5.74, 6) is 1.94. The highest BCUT2D eigenvalue weighted by molar-refractivity contribution is 7.71. The molecule has 0 saturated heterocycles. The molecule has 108 valence electrons. The van der Waals surface area contributed by atoms with Gasteiger partial charge in [0.05, 0.1) is 4.88 Å². The van der Waals surface area contributed by atoms with Crippen LogP contribution >= 0.6 is 23.6 Å². The molecule has 20 heavy (non-hydrogen) atoms. The summed E-state index contributed by atoms with van der Waals surface area (Å²) in [4.78, 5) is 1.20. The monoisotopic (exact) mass is 307 g/mol. The maximum atomic E-state index is 5.46. The topological polar surface area (TPSA) is 33.6 Å². The first-order valence-electron chi connectivity index (χ1n) is 7.50. The van der Waals surface area contributed by atoms with Crippen LogP contribution in [-0.4, -0.2) is 14.8 Å². The SMILES string of the molecule is CCCC1CCC(n2c(-c3cccs3)n[nH]c2=S)CC1. The zero-order chi connectivity index (χ0) is 13.9. The molecule has 1 aliphatic carbocycles. The summed E-state index contributed by atoms with van der Waals surface area (Å²) in [7, 11) is 0. The molecule has 0 unspecified atom stereocenters. The second-order valence-corrected chi connectivity index (χ2v) is 7.00. The number of hydrogen-bond donors (Lipinski definition) is 1. The molecule has 2 aromatic rings. The van der Waals surface area contributed by atoms with Crippen LogP contribution in [0.2, 0.25) is 0 Å². The van der Waals surface area contributed by atoms with Crippen LogP contribution in [0, 0.1) is 10.7 Å². The molecule has 0 atom stereocenters. The normalized spacial score (nSPS) is 23.1. The maximum absolute atomic E-state index is 5.46. The van der Waals surface area contributed by atoms with Crippen LogP contribution in [0.15, 0.2) is 17.5 Å². The molecule has 0 radical (unpaired) electrons. The summed E-state index contributed by atoms with van der Waals surface area (Å²) in [6, 6.07) is 4.71. The fourth-order valence-corrected chi connectivity index (χ4v) is 4.31. The van der Waals surface area contributed by atoms with E-state index in [1.54, 1.807) is 11.3 Å². The fraction of sp³-hybridized carbons (Fsp3) is 0.600. The number of aromatic nitrogens is 3. The third-order valence-electron chi connectivity index (χ3n) is 4.32. The first-order chi connectivity index (χ1) is 9.79. The van der Waals surface area contributed by atoms with E-state index < -0.39 is 0 Å². The van der Waals surface area contributed by atoms with E-state index in [-0.39, 0.29) is 0 Å². The van der Waals surface area contributed by atoms with E-state index >= 15 is 0 Å². The standard InChI is InChI=1S/C15H21N3S2/c1-2-4-11-6-8-12(9-7-11)18-14(16-17-15(18)19)13-5-3-10-20-13/h3,5,10-12H,2,4,6-9H2,1H3,(H,17,19). The van der Waals surface area contributed by atoms with E-state index in [0.29, 0.717) is 6.04 Å². The molecule has 0 aliphatic heterocycles. The summed E-state index contributed by atoms with van der Waals surface area (Å²) < 4.78 is 3.02. The van der Waals surface area contributed by atoms with Gasteiger partial charge >= 0.3 is 0 Å². The number of rotatable bonds is 4. The molecule has 3 nitrogen and oxygen atoms in total. The Bertz CT molecular complexity index is 589. The Kier molecular flexibility index (Phi) is 4.36. The van der Waals surface area contributed by atoms with Crippen LogP contribution in [0.25, 0.3) is 10.7 Å². The van der Waals surface area contributed by atoms with Crippen molar-refractivity contribution >= 4 is 23.6 Å². The highest BCUT2D eigenvalue weighted by Crippen LogP contribution is 2.37. The van der Waals surface area contributed by atoms with E-state index in [2.05, 4.69) is 39.2 Å². The van der Waals surface area contributed by atoms with Crippen LogP contribution < -0.4 is 0 Å². The molecule has 1 saturated carbocycles. The summed E-state index contributed by atoms with van der Waals surface area (Å²) in [6.45, 7) is 2.28. The zero-order valence-corrected chi connectivity index (χ0v) is 13.5. The third kappa shape index (κ3) is 2.74. The molecular weight excluding hydrogens is 286 g/mol. The molecule has 3 rings (SSSR count). The zero-order valence-electron chi connectivity index (χ0n) is 11.8. The molecule has 1 fully saturated rings. The van der Waals surface area contributed by atoms with Crippen molar-refractivity contribution < 1.29 is 0 Å². The second-order valence-electron chi connectivity index (χ2n) is 5.66. The van der Waals surface area contributed by atoms with Crippen molar-refractivity contribution in [1.82, 2.24) is 14.8 Å². The molecule has 1 N–H and O–H groups in total. The van der Waals surface area contributed by atoms with Gasteiger partial charge in [0.2, 0.25) is 0 Å². The Labute approximate surface area is 129 Å². The highest BCUT2D eigenvalue weighted by Gasteiger charge is 2.25. The lowest BCUT2D eigenvalue weighted by atomic mass is 9.83. The molecule has 0 aromatic carbocycles. The minimum absolute atomic E-state index is 0.520. The van der Waals surface area contributed by atoms with Crippen LogP contribution in [-0.2, 0) is 0 Å². The fourth-order valence-electron chi connectivity index (χ4n) is 3.32. The highest BCUT2D eigenvalue weighted by atomic mass is 32.1. The predicted molar refractivity (Wildman–Crippen MR) is 86.6 cm³/mol. The van der Waals surface area contributed by atoms with Crippen molar-refractivity contribution in [1.29, 1.82) is 0 Å². The number of nitrogens with zero attached hydrogens (tertiary/aromatic N) is 2. The second kappa shape index (κ2) is 6.22. The van der Waals surface area contributed by atoms with Gasteiger partial charge in [-0.25, -0.2) is 0 Å². The van der Waals surface area contributed by atoms with Crippen LogP contribution in [0.5, 0.6) is 0 Å².